The topological polar surface area (TPSA) is 16.1 Å². The molecule has 4 rings (SSSR count). The van der Waals surface area contributed by atoms with Crippen molar-refractivity contribution in [3.63, 3.8) is 0 Å². The number of fused-ring (bicyclic) bond motifs is 1. The van der Waals surface area contributed by atoms with Crippen molar-refractivity contribution in [2.75, 3.05) is 6.54 Å². The molecule has 0 aliphatic carbocycles. The molecule has 0 fully saturated rings. The van der Waals surface area contributed by atoms with Crippen LogP contribution in [0.1, 0.15) is 28.2 Å². The van der Waals surface area contributed by atoms with Gasteiger partial charge in [0.05, 0.1) is 0 Å². The summed E-state index contributed by atoms with van der Waals surface area (Å²) in [6, 6.07) is 23.9. The first-order valence-electron chi connectivity index (χ1n) is 8.14. The van der Waals surface area contributed by atoms with E-state index in [1.165, 1.54) is 22.3 Å². The van der Waals surface area contributed by atoms with Crippen molar-refractivity contribution >= 4 is 0 Å². The molecular weight excluding hydrogens is 280 g/mol. The van der Waals surface area contributed by atoms with Gasteiger partial charge in [-0.05, 0) is 28.3 Å². The molecule has 0 saturated heterocycles. The van der Waals surface area contributed by atoms with E-state index < -0.39 is 0 Å². The number of aromatic nitrogens is 1. The summed E-state index contributed by atoms with van der Waals surface area (Å²) in [7, 11) is 0. The largest absolute Gasteiger partial charge is 0.294 e. The highest BCUT2D eigenvalue weighted by atomic mass is 15.1. The molecule has 0 spiro atoms. The molecule has 3 aromatic rings. The zero-order valence-corrected chi connectivity index (χ0v) is 13.1. The maximum Gasteiger partial charge on any atom is 0.0312 e. The van der Waals surface area contributed by atoms with Crippen molar-refractivity contribution < 1.29 is 0 Å². The van der Waals surface area contributed by atoms with Gasteiger partial charge in [-0.25, -0.2) is 0 Å². The standard InChI is InChI=1S/C21H20N2/c1-2-8-18(9-3-1)21-16-23(14-17-7-6-12-22-13-17)15-19-10-4-5-11-20(19)21/h1-13,21H,14-16H2/t21-/m1/s1. The number of hydrogen-bond donors (Lipinski definition) is 0. The zero-order chi connectivity index (χ0) is 15.5. The fourth-order valence-electron chi connectivity index (χ4n) is 3.52. The van der Waals surface area contributed by atoms with Crippen LogP contribution in [-0.2, 0) is 13.1 Å². The van der Waals surface area contributed by atoms with Gasteiger partial charge in [-0.1, -0.05) is 60.7 Å². The predicted octanol–water partition coefficient (Wildman–Crippen LogP) is 4.23. The van der Waals surface area contributed by atoms with Gasteiger partial charge < -0.3 is 0 Å². The second kappa shape index (κ2) is 6.35. The van der Waals surface area contributed by atoms with Gasteiger partial charge >= 0.3 is 0 Å². The lowest BCUT2D eigenvalue weighted by Crippen LogP contribution is -2.33. The molecule has 1 aromatic heterocycles. The van der Waals surface area contributed by atoms with Crippen molar-refractivity contribution in [1.29, 1.82) is 0 Å². The van der Waals surface area contributed by atoms with Gasteiger partial charge in [0.1, 0.15) is 0 Å². The van der Waals surface area contributed by atoms with Crippen LogP contribution in [0.5, 0.6) is 0 Å². The Labute approximate surface area is 137 Å². The number of hydrogen-bond acceptors (Lipinski definition) is 2. The molecule has 2 nitrogen and oxygen atoms in total. The molecule has 2 aromatic carbocycles. The maximum absolute atomic E-state index is 4.25. The fourth-order valence-corrected chi connectivity index (χ4v) is 3.52. The van der Waals surface area contributed by atoms with Gasteiger partial charge in [0, 0.05) is 37.9 Å². The molecule has 2 heterocycles. The highest BCUT2D eigenvalue weighted by Gasteiger charge is 2.26. The summed E-state index contributed by atoms with van der Waals surface area (Å²) in [5, 5.41) is 0. The van der Waals surface area contributed by atoms with Crippen molar-refractivity contribution in [3.05, 3.63) is 101 Å². The van der Waals surface area contributed by atoms with Gasteiger partial charge in [0.15, 0.2) is 0 Å². The highest BCUT2D eigenvalue weighted by molar-refractivity contribution is 5.40. The van der Waals surface area contributed by atoms with Crippen LogP contribution in [0.15, 0.2) is 79.1 Å². The quantitative estimate of drug-likeness (QED) is 0.719. The minimum absolute atomic E-state index is 0.442. The van der Waals surface area contributed by atoms with Gasteiger partial charge in [0.2, 0.25) is 0 Å². The molecule has 2 heteroatoms. The Bertz CT molecular complexity index is 768. The van der Waals surface area contributed by atoms with E-state index in [9.17, 15) is 0 Å². The third-order valence-corrected chi connectivity index (χ3v) is 4.60. The Morgan fingerprint density at radius 3 is 2.57 bits per heavy atom. The minimum Gasteiger partial charge on any atom is -0.294 e. The molecule has 23 heavy (non-hydrogen) atoms. The van der Waals surface area contributed by atoms with Gasteiger partial charge in [-0.15, -0.1) is 0 Å². The van der Waals surface area contributed by atoms with E-state index in [2.05, 4.69) is 70.5 Å². The van der Waals surface area contributed by atoms with Crippen LogP contribution in [0, 0.1) is 0 Å². The van der Waals surface area contributed by atoms with E-state index in [4.69, 9.17) is 0 Å². The zero-order valence-electron chi connectivity index (χ0n) is 13.1. The van der Waals surface area contributed by atoms with E-state index in [0.29, 0.717) is 5.92 Å². The molecule has 0 amide bonds. The first-order valence-corrected chi connectivity index (χ1v) is 8.14. The number of benzene rings is 2. The predicted molar refractivity (Wildman–Crippen MR) is 93.1 cm³/mol. The third-order valence-electron chi connectivity index (χ3n) is 4.60. The van der Waals surface area contributed by atoms with Gasteiger partial charge in [0.25, 0.3) is 0 Å². The molecule has 0 saturated carbocycles. The second-order valence-corrected chi connectivity index (χ2v) is 6.19. The van der Waals surface area contributed by atoms with Crippen LogP contribution in [0.2, 0.25) is 0 Å². The Balaban J connectivity index is 1.66. The van der Waals surface area contributed by atoms with Crippen LogP contribution < -0.4 is 0 Å². The normalized spacial score (nSPS) is 17.7. The molecular formula is C21H20N2. The fraction of sp³-hybridized carbons (Fsp3) is 0.190. The van der Waals surface area contributed by atoms with E-state index >= 15 is 0 Å². The lowest BCUT2D eigenvalue weighted by atomic mass is 9.84. The van der Waals surface area contributed by atoms with Crippen molar-refractivity contribution in [2.45, 2.75) is 19.0 Å². The number of rotatable bonds is 3. The minimum atomic E-state index is 0.442. The van der Waals surface area contributed by atoms with Crippen molar-refractivity contribution in [3.8, 4) is 0 Å². The SMILES string of the molecule is c1ccc([C@H]2CN(Cc3cccnc3)Cc3ccccc32)cc1. The summed E-state index contributed by atoms with van der Waals surface area (Å²) in [6.45, 7) is 3.01. The third kappa shape index (κ3) is 3.03. The molecule has 0 bridgehead atoms. The van der Waals surface area contributed by atoms with Crippen LogP contribution in [0.3, 0.4) is 0 Å². The Morgan fingerprint density at radius 2 is 1.74 bits per heavy atom. The summed E-state index contributed by atoms with van der Waals surface area (Å²) >= 11 is 0. The summed E-state index contributed by atoms with van der Waals surface area (Å²) < 4.78 is 0. The first-order chi connectivity index (χ1) is 11.4. The second-order valence-electron chi connectivity index (χ2n) is 6.19. The van der Waals surface area contributed by atoms with Crippen molar-refractivity contribution in [1.82, 2.24) is 9.88 Å². The van der Waals surface area contributed by atoms with Crippen LogP contribution in [-0.4, -0.2) is 16.4 Å². The van der Waals surface area contributed by atoms with E-state index in [1.54, 1.807) is 0 Å². The molecule has 0 N–H and O–H groups in total. The van der Waals surface area contributed by atoms with Crippen LogP contribution in [0.4, 0.5) is 0 Å². The average molecular weight is 300 g/mol. The summed E-state index contributed by atoms with van der Waals surface area (Å²) in [5.41, 5.74) is 5.59. The number of pyridine rings is 1. The van der Waals surface area contributed by atoms with Crippen LogP contribution >= 0.6 is 0 Å². The average Bonchev–Trinajstić information content (AvgIpc) is 2.63. The lowest BCUT2D eigenvalue weighted by molar-refractivity contribution is 0.232. The smallest absolute Gasteiger partial charge is 0.0312 e. The number of nitrogens with zero attached hydrogens (tertiary/aromatic N) is 2. The molecule has 1 aliphatic heterocycles. The van der Waals surface area contributed by atoms with Gasteiger partial charge in [-0.3, -0.25) is 9.88 Å². The summed E-state index contributed by atoms with van der Waals surface area (Å²) in [5.74, 6) is 0.442. The Kier molecular flexibility index (Phi) is 3.91. The summed E-state index contributed by atoms with van der Waals surface area (Å²) in [4.78, 5) is 6.77. The molecule has 0 radical (unpaired) electrons. The van der Waals surface area contributed by atoms with Crippen LogP contribution in [0.25, 0.3) is 0 Å². The van der Waals surface area contributed by atoms with E-state index in [-0.39, 0.29) is 0 Å². The Morgan fingerprint density at radius 1 is 0.913 bits per heavy atom. The lowest BCUT2D eigenvalue weighted by Gasteiger charge is -2.35. The monoisotopic (exact) mass is 300 g/mol. The molecule has 0 unspecified atom stereocenters. The Hall–Kier alpha value is -2.45. The summed E-state index contributed by atoms with van der Waals surface area (Å²) in [6.07, 6.45) is 3.81. The maximum atomic E-state index is 4.25. The first kappa shape index (κ1) is 14.2. The molecule has 1 aliphatic rings. The van der Waals surface area contributed by atoms with E-state index in [1.807, 2.05) is 18.5 Å². The van der Waals surface area contributed by atoms with Gasteiger partial charge in [-0.2, -0.15) is 0 Å². The van der Waals surface area contributed by atoms with Crippen molar-refractivity contribution in [2.24, 2.45) is 0 Å². The van der Waals surface area contributed by atoms with E-state index in [0.717, 1.165) is 19.6 Å². The molecule has 114 valence electrons. The highest BCUT2D eigenvalue weighted by Crippen LogP contribution is 2.33. The molecule has 1 atom stereocenters.